The number of benzene rings is 1. The van der Waals surface area contributed by atoms with Crippen molar-refractivity contribution in [2.75, 3.05) is 14.2 Å². The molecule has 1 aromatic carbocycles. The Morgan fingerprint density at radius 3 is 2.46 bits per heavy atom. The Kier molecular flexibility index (Phi) is 4.38. The summed E-state index contributed by atoms with van der Waals surface area (Å²) in [5, 5.41) is 10.4. The van der Waals surface area contributed by atoms with E-state index in [1.165, 1.54) is 10.6 Å². The van der Waals surface area contributed by atoms with Gasteiger partial charge in [0.05, 0.1) is 25.6 Å². The van der Waals surface area contributed by atoms with Gasteiger partial charge in [0.15, 0.2) is 17.1 Å². The topological polar surface area (TPSA) is 97.3 Å². The van der Waals surface area contributed by atoms with Crippen molar-refractivity contribution in [2.24, 2.45) is 0 Å². The Bertz CT molecular complexity index is 1200. The molecule has 3 aromatic heterocycles. The number of ether oxygens (including phenoxy) is 2. The Morgan fingerprint density at radius 2 is 1.79 bits per heavy atom. The lowest BCUT2D eigenvalue weighted by molar-refractivity contribution is 0.355. The second-order valence-corrected chi connectivity index (χ2v) is 6.78. The maximum absolute atomic E-state index is 12.6. The summed E-state index contributed by atoms with van der Waals surface area (Å²) in [6.07, 6.45) is 0. The molecule has 3 heterocycles. The predicted molar refractivity (Wildman–Crippen MR) is 106 cm³/mol. The molecule has 0 bridgehead atoms. The van der Waals surface area contributed by atoms with Crippen molar-refractivity contribution < 1.29 is 9.47 Å². The number of nitrogens with zero attached hydrogens (tertiary/aromatic N) is 3. The van der Waals surface area contributed by atoms with E-state index in [0.717, 1.165) is 17.0 Å². The first-order valence-corrected chi connectivity index (χ1v) is 8.91. The SMILES string of the molecule is COc1ccc(-c2cc3nc(-c4cc(C(C)C)[nH]n4)cc(=O)n3[nH]2)cc1OC. The van der Waals surface area contributed by atoms with Gasteiger partial charge in [0.2, 0.25) is 0 Å². The summed E-state index contributed by atoms with van der Waals surface area (Å²) in [5.41, 5.74) is 4.08. The zero-order valence-electron chi connectivity index (χ0n) is 16.1. The van der Waals surface area contributed by atoms with Crippen LogP contribution in [0.5, 0.6) is 11.5 Å². The average molecular weight is 379 g/mol. The molecule has 0 radical (unpaired) electrons. The summed E-state index contributed by atoms with van der Waals surface area (Å²) in [6, 6.07) is 10.8. The van der Waals surface area contributed by atoms with Crippen LogP contribution in [0.3, 0.4) is 0 Å². The van der Waals surface area contributed by atoms with E-state index in [0.29, 0.717) is 34.5 Å². The molecule has 0 aliphatic rings. The van der Waals surface area contributed by atoms with Crippen molar-refractivity contribution in [1.29, 1.82) is 0 Å². The lowest BCUT2D eigenvalue weighted by atomic mass is 10.1. The van der Waals surface area contributed by atoms with Crippen molar-refractivity contribution in [3.05, 3.63) is 52.4 Å². The van der Waals surface area contributed by atoms with Gasteiger partial charge >= 0.3 is 0 Å². The van der Waals surface area contributed by atoms with Crippen molar-refractivity contribution >= 4 is 5.65 Å². The summed E-state index contributed by atoms with van der Waals surface area (Å²) in [5.74, 6) is 1.56. The van der Waals surface area contributed by atoms with Crippen molar-refractivity contribution in [2.45, 2.75) is 19.8 Å². The lowest BCUT2D eigenvalue weighted by Gasteiger charge is -2.08. The van der Waals surface area contributed by atoms with Crippen LogP contribution in [-0.4, -0.2) is 39.0 Å². The number of aromatic nitrogens is 5. The van der Waals surface area contributed by atoms with Crippen LogP contribution in [0.25, 0.3) is 28.3 Å². The number of hydrogen-bond donors (Lipinski definition) is 2. The third kappa shape index (κ3) is 3.02. The van der Waals surface area contributed by atoms with Gasteiger partial charge in [-0.2, -0.15) is 5.10 Å². The van der Waals surface area contributed by atoms with Gasteiger partial charge in [0, 0.05) is 23.4 Å². The highest BCUT2D eigenvalue weighted by molar-refractivity contribution is 5.68. The molecule has 28 heavy (non-hydrogen) atoms. The van der Waals surface area contributed by atoms with Crippen LogP contribution in [0.2, 0.25) is 0 Å². The Hall–Kier alpha value is -3.55. The molecular weight excluding hydrogens is 358 g/mol. The maximum Gasteiger partial charge on any atom is 0.273 e. The Labute approximate surface area is 161 Å². The molecule has 0 spiro atoms. The summed E-state index contributed by atoms with van der Waals surface area (Å²) in [6.45, 7) is 4.15. The van der Waals surface area contributed by atoms with Gasteiger partial charge in [-0.1, -0.05) is 13.8 Å². The van der Waals surface area contributed by atoms with E-state index in [-0.39, 0.29) is 5.56 Å². The molecule has 0 aliphatic carbocycles. The first-order valence-electron chi connectivity index (χ1n) is 8.91. The number of methoxy groups -OCH3 is 2. The summed E-state index contributed by atoms with van der Waals surface area (Å²) >= 11 is 0. The zero-order chi connectivity index (χ0) is 19.8. The number of aromatic amines is 2. The number of nitrogens with one attached hydrogen (secondary N) is 2. The van der Waals surface area contributed by atoms with Gasteiger partial charge in [0.1, 0.15) is 5.69 Å². The third-order valence-electron chi connectivity index (χ3n) is 4.63. The molecule has 0 unspecified atom stereocenters. The van der Waals surface area contributed by atoms with E-state index in [9.17, 15) is 4.79 Å². The molecule has 0 saturated heterocycles. The molecule has 0 atom stereocenters. The van der Waals surface area contributed by atoms with Gasteiger partial charge < -0.3 is 9.47 Å². The molecule has 8 nitrogen and oxygen atoms in total. The maximum atomic E-state index is 12.6. The highest BCUT2D eigenvalue weighted by Gasteiger charge is 2.13. The zero-order valence-corrected chi connectivity index (χ0v) is 16.1. The van der Waals surface area contributed by atoms with E-state index in [1.807, 2.05) is 30.3 Å². The number of hydrogen-bond acceptors (Lipinski definition) is 5. The van der Waals surface area contributed by atoms with E-state index in [1.54, 1.807) is 14.2 Å². The monoisotopic (exact) mass is 379 g/mol. The Balaban J connectivity index is 1.79. The van der Waals surface area contributed by atoms with Crippen LogP contribution in [0, 0.1) is 0 Å². The fourth-order valence-corrected chi connectivity index (χ4v) is 3.04. The fourth-order valence-electron chi connectivity index (χ4n) is 3.04. The van der Waals surface area contributed by atoms with Gasteiger partial charge in [-0.15, -0.1) is 0 Å². The number of fused-ring (bicyclic) bond motifs is 1. The largest absolute Gasteiger partial charge is 0.493 e. The standard InChI is InChI=1S/C20H21N5O3/c1-11(2)13-8-16(23-22-13)15-10-20(26)25-19(21-15)9-14(24-25)12-5-6-17(27-3)18(7-12)28-4/h5-11,24H,1-4H3,(H,22,23). The summed E-state index contributed by atoms with van der Waals surface area (Å²) in [4.78, 5) is 17.2. The van der Waals surface area contributed by atoms with Gasteiger partial charge in [-0.3, -0.25) is 15.0 Å². The van der Waals surface area contributed by atoms with E-state index >= 15 is 0 Å². The molecule has 4 aromatic rings. The van der Waals surface area contributed by atoms with Crippen LogP contribution in [0.4, 0.5) is 0 Å². The van der Waals surface area contributed by atoms with Crippen molar-refractivity contribution in [3.63, 3.8) is 0 Å². The molecule has 4 rings (SSSR count). The molecule has 0 fully saturated rings. The minimum atomic E-state index is -0.208. The second-order valence-electron chi connectivity index (χ2n) is 6.78. The molecule has 2 N–H and O–H groups in total. The summed E-state index contributed by atoms with van der Waals surface area (Å²) in [7, 11) is 3.17. The Morgan fingerprint density at radius 1 is 1.00 bits per heavy atom. The van der Waals surface area contributed by atoms with E-state index < -0.39 is 0 Å². The number of H-pyrrole nitrogens is 2. The van der Waals surface area contributed by atoms with Crippen LogP contribution >= 0.6 is 0 Å². The predicted octanol–water partition coefficient (Wildman–Crippen LogP) is 3.22. The van der Waals surface area contributed by atoms with Gasteiger partial charge in [0.25, 0.3) is 5.56 Å². The normalized spacial score (nSPS) is 11.3. The number of rotatable bonds is 5. The summed E-state index contributed by atoms with van der Waals surface area (Å²) < 4.78 is 12.0. The van der Waals surface area contributed by atoms with Crippen molar-refractivity contribution in [3.8, 4) is 34.1 Å². The highest BCUT2D eigenvalue weighted by atomic mass is 16.5. The highest BCUT2D eigenvalue weighted by Crippen LogP contribution is 2.32. The smallest absolute Gasteiger partial charge is 0.273 e. The minimum absolute atomic E-state index is 0.208. The molecule has 0 saturated carbocycles. The molecule has 144 valence electrons. The third-order valence-corrected chi connectivity index (χ3v) is 4.63. The fraction of sp³-hybridized carbons (Fsp3) is 0.250. The van der Waals surface area contributed by atoms with Crippen LogP contribution in [0.15, 0.2) is 41.2 Å². The van der Waals surface area contributed by atoms with E-state index in [2.05, 4.69) is 34.1 Å². The minimum Gasteiger partial charge on any atom is -0.493 e. The van der Waals surface area contributed by atoms with Crippen molar-refractivity contribution in [1.82, 2.24) is 24.8 Å². The average Bonchev–Trinajstić information content (AvgIpc) is 3.35. The molecule has 8 heteroatoms. The van der Waals surface area contributed by atoms with Crippen LogP contribution < -0.4 is 15.0 Å². The quantitative estimate of drug-likeness (QED) is 0.555. The second kappa shape index (κ2) is 6.88. The first-order chi connectivity index (χ1) is 13.5. The van der Waals surface area contributed by atoms with Crippen LogP contribution in [-0.2, 0) is 0 Å². The first kappa shape index (κ1) is 17.8. The molecule has 0 amide bonds. The molecule has 0 aliphatic heterocycles. The van der Waals surface area contributed by atoms with Gasteiger partial charge in [-0.05, 0) is 30.2 Å². The van der Waals surface area contributed by atoms with Gasteiger partial charge in [-0.25, -0.2) is 9.50 Å². The molecular formula is C20H21N5O3. The van der Waals surface area contributed by atoms with Crippen LogP contribution in [0.1, 0.15) is 25.5 Å². The lowest BCUT2D eigenvalue weighted by Crippen LogP contribution is -2.14. The van der Waals surface area contributed by atoms with E-state index in [4.69, 9.17) is 9.47 Å².